The van der Waals surface area contributed by atoms with Gasteiger partial charge in [-0.15, -0.1) is 0 Å². The quantitative estimate of drug-likeness (QED) is 0.184. The number of aryl methyl sites for hydroxylation is 1. The van der Waals surface area contributed by atoms with Crippen LogP contribution in [0.5, 0.6) is 0 Å². The van der Waals surface area contributed by atoms with E-state index in [-0.39, 0.29) is 28.8 Å². The fourth-order valence-corrected chi connectivity index (χ4v) is 4.85. The molecule has 0 aliphatic carbocycles. The lowest BCUT2D eigenvalue weighted by molar-refractivity contribution is -0.688. The second kappa shape index (κ2) is 10.4. The summed E-state index contributed by atoms with van der Waals surface area (Å²) in [5, 5.41) is 1.57. The first-order valence-electron chi connectivity index (χ1n) is 11.0. The van der Waals surface area contributed by atoms with Crippen LogP contribution < -0.4 is 21.5 Å². The molecule has 0 spiro atoms. The maximum atomic E-state index is 13.9. The second-order valence-corrected chi connectivity index (χ2v) is 9.21. The van der Waals surface area contributed by atoms with Gasteiger partial charge in [-0.05, 0) is 48.6 Å². The SMILES string of the molecule is O=C1c2cccc3c(Br)ccc(c23)C(=O)N1CCCCn1cc[n+](Cc2ccc(F)cc2F)c1.[Br-]. The molecule has 1 aromatic heterocycles. The fourth-order valence-electron chi connectivity index (χ4n) is 4.39. The van der Waals surface area contributed by atoms with Crippen molar-refractivity contribution < 1.29 is 39.9 Å². The monoisotopic (exact) mass is 603 g/mol. The number of aromatic nitrogens is 2. The highest BCUT2D eigenvalue weighted by molar-refractivity contribution is 9.10. The molecule has 0 bridgehead atoms. The van der Waals surface area contributed by atoms with Crippen molar-refractivity contribution in [1.29, 1.82) is 0 Å². The second-order valence-electron chi connectivity index (χ2n) is 8.35. The standard InChI is InChI=1S/C26H21BrF2N3O2.BrH/c27-22-9-8-21-24-19(22)4-3-5-20(24)25(33)32(26(21)34)11-2-1-10-30-12-13-31(16-30)15-17-6-7-18(28)14-23(17)29;/h3-9,12-14,16H,1-2,10-11,15H2;1H/q+1;/p-1. The predicted octanol–water partition coefficient (Wildman–Crippen LogP) is 2.10. The first kappa shape index (κ1) is 25.2. The largest absolute Gasteiger partial charge is 1.00 e. The molecule has 0 atom stereocenters. The summed E-state index contributed by atoms with van der Waals surface area (Å²) >= 11 is 3.50. The van der Waals surface area contributed by atoms with Crippen molar-refractivity contribution in [2.24, 2.45) is 0 Å². The molecule has 0 N–H and O–H groups in total. The third kappa shape index (κ3) is 4.92. The Bertz CT molecular complexity index is 1420. The summed E-state index contributed by atoms with van der Waals surface area (Å²) in [6, 6.07) is 12.7. The molecule has 0 unspecified atom stereocenters. The van der Waals surface area contributed by atoms with E-state index in [4.69, 9.17) is 0 Å². The first-order valence-corrected chi connectivity index (χ1v) is 11.8. The number of nitrogens with zero attached hydrogens (tertiary/aromatic N) is 3. The van der Waals surface area contributed by atoms with Crippen LogP contribution in [0.4, 0.5) is 8.78 Å². The Morgan fingerprint density at radius 3 is 2.43 bits per heavy atom. The van der Waals surface area contributed by atoms with E-state index in [2.05, 4.69) is 15.9 Å². The highest BCUT2D eigenvalue weighted by atomic mass is 79.9. The van der Waals surface area contributed by atoms with Gasteiger partial charge in [0.25, 0.3) is 11.8 Å². The Kier molecular flexibility index (Phi) is 7.47. The zero-order chi connectivity index (χ0) is 23.8. The van der Waals surface area contributed by atoms with E-state index in [1.54, 1.807) is 12.1 Å². The lowest BCUT2D eigenvalue weighted by atomic mass is 9.94. The molecule has 0 saturated heterocycles. The molecule has 0 fully saturated rings. The van der Waals surface area contributed by atoms with Crippen molar-refractivity contribution in [3.05, 3.63) is 100 Å². The minimum absolute atomic E-state index is 0. The number of imide groups is 1. The molecule has 5 nitrogen and oxygen atoms in total. The van der Waals surface area contributed by atoms with Gasteiger partial charge < -0.3 is 17.0 Å². The summed E-state index contributed by atoms with van der Waals surface area (Å²) in [6.07, 6.45) is 6.98. The maximum Gasteiger partial charge on any atom is 0.261 e. The lowest BCUT2D eigenvalue weighted by Crippen LogP contribution is -3.00. The highest BCUT2D eigenvalue weighted by Gasteiger charge is 2.32. The highest BCUT2D eigenvalue weighted by Crippen LogP contribution is 2.34. The lowest BCUT2D eigenvalue weighted by Gasteiger charge is -2.27. The van der Waals surface area contributed by atoms with Crippen LogP contribution in [0.3, 0.4) is 0 Å². The average molecular weight is 605 g/mol. The zero-order valence-corrected chi connectivity index (χ0v) is 21.7. The first-order chi connectivity index (χ1) is 16.4. The van der Waals surface area contributed by atoms with Crippen LogP contribution in [-0.2, 0) is 13.1 Å². The predicted molar refractivity (Wildman–Crippen MR) is 126 cm³/mol. The third-order valence-corrected chi connectivity index (χ3v) is 6.79. The minimum atomic E-state index is -0.595. The van der Waals surface area contributed by atoms with Crippen LogP contribution in [0.25, 0.3) is 10.8 Å². The van der Waals surface area contributed by atoms with Gasteiger partial charge in [0.15, 0.2) is 0 Å². The smallest absolute Gasteiger partial charge is 0.261 e. The molecular formula is C26H21Br2F2N3O2. The molecule has 180 valence electrons. The molecule has 9 heteroatoms. The zero-order valence-electron chi connectivity index (χ0n) is 18.6. The van der Waals surface area contributed by atoms with Gasteiger partial charge in [-0.1, -0.05) is 28.1 Å². The Balaban J connectivity index is 0.00000289. The number of halogens is 4. The van der Waals surface area contributed by atoms with Crippen LogP contribution in [-0.4, -0.2) is 27.8 Å². The average Bonchev–Trinajstić information content (AvgIpc) is 3.27. The molecule has 1 aliphatic rings. The van der Waals surface area contributed by atoms with E-state index in [0.717, 1.165) is 22.3 Å². The number of carbonyl (C=O) groups is 2. The third-order valence-electron chi connectivity index (χ3n) is 6.10. The van der Waals surface area contributed by atoms with Gasteiger partial charge >= 0.3 is 0 Å². The van der Waals surface area contributed by atoms with Crippen LogP contribution in [0.15, 0.2) is 71.7 Å². The molecule has 4 aromatic rings. The minimum Gasteiger partial charge on any atom is -1.00 e. The number of imidazole rings is 1. The van der Waals surface area contributed by atoms with Gasteiger partial charge in [0, 0.05) is 39.2 Å². The molecular weight excluding hydrogens is 584 g/mol. The normalized spacial score (nSPS) is 12.8. The van der Waals surface area contributed by atoms with E-state index in [1.807, 2.05) is 46.1 Å². The van der Waals surface area contributed by atoms with E-state index in [0.29, 0.717) is 48.1 Å². The van der Waals surface area contributed by atoms with Crippen molar-refractivity contribution in [3.8, 4) is 0 Å². The fraction of sp³-hybridized carbons (Fsp3) is 0.192. The van der Waals surface area contributed by atoms with Gasteiger partial charge in [-0.25, -0.2) is 17.9 Å². The molecule has 0 saturated carbocycles. The van der Waals surface area contributed by atoms with E-state index in [1.165, 1.54) is 17.0 Å². The summed E-state index contributed by atoms with van der Waals surface area (Å²) in [4.78, 5) is 27.4. The van der Waals surface area contributed by atoms with Crippen molar-refractivity contribution in [1.82, 2.24) is 9.47 Å². The van der Waals surface area contributed by atoms with Crippen LogP contribution in [0.2, 0.25) is 0 Å². The molecule has 35 heavy (non-hydrogen) atoms. The van der Waals surface area contributed by atoms with Crippen molar-refractivity contribution in [2.45, 2.75) is 25.9 Å². The molecule has 2 amide bonds. The molecule has 5 rings (SSSR count). The van der Waals surface area contributed by atoms with Gasteiger partial charge in [0.05, 0.1) is 6.54 Å². The Labute approximate surface area is 219 Å². The van der Waals surface area contributed by atoms with Gasteiger partial charge in [-0.3, -0.25) is 14.5 Å². The van der Waals surface area contributed by atoms with E-state index >= 15 is 0 Å². The van der Waals surface area contributed by atoms with Crippen LogP contribution >= 0.6 is 15.9 Å². The molecule has 0 radical (unpaired) electrons. The van der Waals surface area contributed by atoms with E-state index in [9.17, 15) is 18.4 Å². The Hall–Kier alpha value is -2.91. The van der Waals surface area contributed by atoms with Gasteiger partial charge in [-0.2, -0.15) is 0 Å². The maximum absolute atomic E-state index is 13.9. The summed E-state index contributed by atoms with van der Waals surface area (Å²) in [5.41, 5.74) is 1.51. The van der Waals surface area contributed by atoms with Crippen molar-refractivity contribution >= 4 is 38.5 Å². The van der Waals surface area contributed by atoms with Crippen molar-refractivity contribution in [3.63, 3.8) is 0 Å². The Morgan fingerprint density at radius 2 is 1.66 bits per heavy atom. The summed E-state index contributed by atoms with van der Waals surface area (Å²) in [7, 11) is 0. The number of amides is 2. The van der Waals surface area contributed by atoms with E-state index < -0.39 is 11.6 Å². The summed E-state index contributed by atoms with van der Waals surface area (Å²) in [6.45, 7) is 1.33. The molecule has 1 aliphatic heterocycles. The number of rotatable bonds is 7. The molecule has 3 aromatic carbocycles. The number of unbranched alkanes of at least 4 members (excludes halogenated alkanes) is 1. The summed E-state index contributed by atoms with van der Waals surface area (Å²) in [5.74, 6) is -1.69. The number of hydrogen-bond donors (Lipinski definition) is 0. The number of benzene rings is 3. The van der Waals surface area contributed by atoms with Gasteiger partial charge in [0.2, 0.25) is 6.33 Å². The van der Waals surface area contributed by atoms with Crippen LogP contribution in [0.1, 0.15) is 39.1 Å². The van der Waals surface area contributed by atoms with Crippen molar-refractivity contribution in [2.75, 3.05) is 6.54 Å². The summed E-state index contributed by atoms with van der Waals surface area (Å²) < 4.78 is 31.6. The van der Waals surface area contributed by atoms with Crippen LogP contribution in [0, 0.1) is 11.6 Å². The Morgan fingerprint density at radius 1 is 0.914 bits per heavy atom. The topological polar surface area (TPSA) is 46.2 Å². The molecule has 2 heterocycles. The number of carbonyl (C=O) groups excluding carboxylic acids is 2. The number of hydrogen-bond acceptors (Lipinski definition) is 2. The van der Waals surface area contributed by atoms with Gasteiger partial charge in [0.1, 0.15) is 30.6 Å².